The van der Waals surface area contributed by atoms with Gasteiger partial charge in [0, 0.05) is 51.0 Å². The largest absolute Gasteiger partial charge is 0.369 e. The summed E-state index contributed by atoms with van der Waals surface area (Å²) < 4.78 is 0. The van der Waals surface area contributed by atoms with Crippen molar-refractivity contribution >= 4 is 17.6 Å². The number of amides is 1. The number of carbonyl (C=O) groups excluding carboxylic acids is 1. The molecule has 3 N–H and O–H groups in total. The van der Waals surface area contributed by atoms with Crippen molar-refractivity contribution in [3.05, 3.63) is 29.8 Å². The Morgan fingerprint density at radius 1 is 1.10 bits per heavy atom. The van der Waals surface area contributed by atoms with Crippen LogP contribution in [0.25, 0.3) is 0 Å². The Morgan fingerprint density at radius 3 is 2.47 bits per heavy atom. The molecule has 0 radical (unpaired) electrons. The van der Waals surface area contributed by atoms with Crippen molar-refractivity contribution in [3.63, 3.8) is 0 Å². The van der Waals surface area contributed by atoms with Crippen LogP contribution in [-0.2, 0) is 4.79 Å². The van der Waals surface area contributed by atoms with E-state index in [9.17, 15) is 4.79 Å². The molecule has 1 aromatic carbocycles. The first-order valence-corrected chi connectivity index (χ1v) is 11.1. The van der Waals surface area contributed by atoms with Crippen LogP contribution in [-0.4, -0.2) is 75.2 Å². The van der Waals surface area contributed by atoms with Crippen LogP contribution in [0.1, 0.15) is 39.2 Å². The minimum absolute atomic E-state index is 0.0322. The lowest BCUT2D eigenvalue weighted by molar-refractivity contribution is -0.121. The SMILES string of the molecule is CN=C(NCCCCN1CCN(c2cccc(C)c2)CC1)NCC(=O)NC(C)(C)C. The van der Waals surface area contributed by atoms with Gasteiger partial charge in [-0.25, -0.2) is 0 Å². The summed E-state index contributed by atoms with van der Waals surface area (Å²) >= 11 is 0. The van der Waals surface area contributed by atoms with E-state index in [1.54, 1.807) is 7.05 Å². The van der Waals surface area contributed by atoms with Crippen LogP contribution in [0.4, 0.5) is 5.69 Å². The summed E-state index contributed by atoms with van der Waals surface area (Å²) in [5.41, 5.74) is 2.44. The second-order valence-corrected chi connectivity index (χ2v) is 9.03. The van der Waals surface area contributed by atoms with Gasteiger partial charge in [0.05, 0.1) is 6.54 Å². The number of rotatable bonds is 8. The topological polar surface area (TPSA) is 72.0 Å². The smallest absolute Gasteiger partial charge is 0.239 e. The molecule has 168 valence electrons. The van der Waals surface area contributed by atoms with E-state index in [4.69, 9.17) is 0 Å². The van der Waals surface area contributed by atoms with Gasteiger partial charge in [0.25, 0.3) is 0 Å². The van der Waals surface area contributed by atoms with E-state index in [0.717, 1.165) is 52.1 Å². The molecular formula is C23H40N6O. The average Bonchev–Trinajstić information content (AvgIpc) is 2.69. The third-order valence-corrected chi connectivity index (χ3v) is 5.09. The van der Waals surface area contributed by atoms with E-state index in [0.29, 0.717) is 5.96 Å². The Hall–Kier alpha value is -2.28. The summed E-state index contributed by atoms with van der Waals surface area (Å²) in [5, 5.41) is 9.29. The van der Waals surface area contributed by atoms with Gasteiger partial charge < -0.3 is 20.9 Å². The monoisotopic (exact) mass is 416 g/mol. The zero-order valence-corrected chi connectivity index (χ0v) is 19.4. The number of hydrogen-bond donors (Lipinski definition) is 3. The molecule has 7 nitrogen and oxygen atoms in total. The Labute approximate surface area is 182 Å². The maximum Gasteiger partial charge on any atom is 0.239 e. The molecular weight excluding hydrogens is 376 g/mol. The maximum absolute atomic E-state index is 11.9. The highest BCUT2D eigenvalue weighted by Gasteiger charge is 2.17. The zero-order valence-electron chi connectivity index (χ0n) is 19.4. The molecule has 30 heavy (non-hydrogen) atoms. The highest BCUT2D eigenvalue weighted by Crippen LogP contribution is 2.17. The molecule has 0 aliphatic carbocycles. The summed E-state index contributed by atoms with van der Waals surface area (Å²) in [5.74, 6) is 0.640. The second-order valence-electron chi connectivity index (χ2n) is 9.03. The molecule has 0 unspecified atom stereocenters. The van der Waals surface area contributed by atoms with E-state index in [1.165, 1.54) is 11.3 Å². The molecule has 0 saturated carbocycles. The van der Waals surface area contributed by atoms with Crippen LogP contribution < -0.4 is 20.9 Å². The summed E-state index contributed by atoms with van der Waals surface area (Å²) in [6, 6.07) is 8.78. The van der Waals surface area contributed by atoms with E-state index in [-0.39, 0.29) is 18.0 Å². The lowest BCUT2D eigenvalue weighted by Gasteiger charge is -2.36. The number of nitrogens with zero attached hydrogens (tertiary/aromatic N) is 3. The number of benzene rings is 1. The molecule has 0 spiro atoms. The van der Waals surface area contributed by atoms with Crippen molar-refractivity contribution in [3.8, 4) is 0 Å². The summed E-state index contributed by atoms with van der Waals surface area (Å²) in [6.07, 6.45) is 2.23. The van der Waals surface area contributed by atoms with Crippen LogP contribution >= 0.6 is 0 Å². The molecule has 2 rings (SSSR count). The van der Waals surface area contributed by atoms with Crippen molar-refractivity contribution in [2.45, 2.75) is 46.1 Å². The van der Waals surface area contributed by atoms with E-state index in [1.807, 2.05) is 20.8 Å². The number of nitrogens with one attached hydrogen (secondary N) is 3. The van der Waals surface area contributed by atoms with Gasteiger partial charge in [-0.15, -0.1) is 0 Å². The molecule has 1 aromatic rings. The maximum atomic E-state index is 11.9. The van der Waals surface area contributed by atoms with Gasteiger partial charge in [0.15, 0.2) is 5.96 Å². The van der Waals surface area contributed by atoms with Crippen molar-refractivity contribution in [1.82, 2.24) is 20.9 Å². The van der Waals surface area contributed by atoms with E-state index in [2.05, 4.69) is 61.9 Å². The molecule has 1 fully saturated rings. The number of carbonyl (C=O) groups is 1. The molecule has 1 aliphatic heterocycles. The van der Waals surface area contributed by atoms with Gasteiger partial charge in [-0.2, -0.15) is 0 Å². The highest BCUT2D eigenvalue weighted by molar-refractivity contribution is 5.86. The van der Waals surface area contributed by atoms with Gasteiger partial charge in [-0.05, 0) is 64.8 Å². The van der Waals surface area contributed by atoms with Gasteiger partial charge >= 0.3 is 0 Å². The molecule has 7 heteroatoms. The number of hydrogen-bond acceptors (Lipinski definition) is 4. The quantitative estimate of drug-likeness (QED) is 0.343. The summed E-state index contributed by atoms with van der Waals surface area (Å²) in [4.78, 5) is 21.1. The van der Waals surface area contributed by atoms with Crippen molar-refractivity contribution in [2.75, 3.05) is 57.8 Å². The van der Waals surface area contributed by atoms with Crippen LogP contribution in [0.5, 0.6) is 0 Å². The predicted molar refractivity (Wildman–Crippen MR) is 126 cm³/mol. The molecule has 0 bridgehead atoms. The highest BCUT2D eigenvalue weighted by atomic mass is 16.2. The zero-order chi connectivity index (χ0) is 22.0. The second kappa shape index (κ2) is 11.8. The number of unbranched alkanes of at least 4 members (excludes halogenated alkanes) is 1. The predicted octanol–water partition coefficient (Wildman–Crippen LogP) is 1.98. The summed E-state index contributed by atoms with van der Waals surface area (Å²) in [7, 11) is 1.73. The van der Waals surface area contributed by atoms with Gasteiger partial charge in [-0.1, -0.05) is 12.1 Å². The van der Waals surface area contributed by atoms with Crippen LogP contribution in [0.15, 0.2) is 29.3 Å². The third kappa shape index (κ3) is 9.03. The van der Waals surface area contributed by atoms with Crippen molar-refractivity contribution in [1.29, 1.82) is 0 Å². The average molecular weight is 417 g/mol. The fraction of sp³-hybridized carbons (Fsp3) is 0.652. The molecule has 0 atom stereocenters. The van der Waals surface area contributed by atoms with Gasteiger partial charge in [-0.3, -0.25) is 14.7 Å². The Morgan fingerprint density at radius 2 is 1.83 bits per heavy atom. The van der Waals surface area contributed by atoms with Crippen LogP contribution in [0.3, 0.4) is 0 Å². The molecule has 1 aliphatic rings. The number of anilines is 1. The number of aliphatic imine (C=N–C) groups is 1. The summed E-state index contributed by atoms with van der Waals surface area (Å²) in [6.45, 7) is 14.7. The third-order valence-electron chi connectivity index (χ3n) is 5.09. The fourth-order valence-corrected chi connectivity index (χ4v) is 3.57. The van der Waals surface area contributed by atoms with Crippen molar-refractivity contribution < 1.29 is 4.79 Å². The Balaban J connectivity index is 1.56. The van der Waals surface area contributed by atoms with Gasteiger partial charge in [0.2, 0.25) is 5.91 Å². The van der Waals surface area contributed by atoms with Crippen LogP contribution in [0, 0.1) is 6.92 Å². The lowest BCUT2D eigenvalue weighted by atomic mass is 10.1. The number of piperazine rings is 1. The fourth-order valence-electron chi connectivity index (χ4n) is 3.57. The molecule has 1 amide bonds. The first kappa shape index (κ1) is 24.0. The normalized spacial score (nSPS) is 15.8. The van der Waals surface area contributed by atoms with Crippen molar-refractivity contribution in [2.24, 2.45) is 4.99 Å². The molecule has 0 aromatic heterocycles. The van der Waals surface area contributed by atoms with Crippen LogP contribution in [0.2, 0.25) is 0 Å². The molecule has 1 heterocycles. The standard InChI is InChI=1S/C23H40N6O/c1-19-9-8-10-20(17-19)29-15-13-28(14-16-29)12-7-6-11-25-22(24-5)26-18-21(30)27-23(2,3)4/h8-10,17H,6-7,11-16,18H2,1-5H3,(H,27,30)(H2,24,25,26). The number of aryl methyl sites for hydroxylation is 1. The van der Waals surface area contributed by atoms with Gasteiger partial charge in [0.1, 0.15) is 0 Å². The van der Waals surface area contributed by atoms with E-state index < -0.39 is 0 Å². The first-order valence-electron chi connectivity index (χ1n) is 11.1. The van der Waals surface area contributed by atoms with E-state index >= 15 is 0 Å². The minimum atomic E-state index is -0.221. The molecule has 1 saturated heterocycles. The Kier molecular flexibility index (Phi) is 9.43. The Bertz CT molecular complexity index is 689. The number of guanidine groups is 1. The minimum Gasteiger partial charge on any atom is -0.369 e. The first-order chi connectivity index (χ1) is 14.3. The lowest BCUT2D eigenvalue weighted by Crippen LogP contribution is -2.48.